The minimum atomic E-state index is 0. The third-order valence-corrected chi connectivity index (χ3v) is 3.89. The number of diazo groups is 2. The molecule has 0 unspecified atom stereocenters. The largest absolute Gasteiger partial charge is 1.00 e. The summed E-state index contributed by atoms with van der Waals surface area (Å²) in [6, 6.07) is 20.7. The zero-order valence-electron chi connectivity index (χ0n) is 13.7. The molecule has 0 saturated carbocycles. The number of aromatic nitrogens is 2. The summed E-state index contributed by atoms with van der Waals surface area (Å²) in [5.74, 6) is 0. The Balaban J connectivity index is 0.00000121. The lowest BCUT2D eigenvalue weighted by molar-refractivity contribution is -0.538. The van der Waals surface area contributed by atoms with E-state index in [0.717, 1.165) is 16.7 Å². The number of hydrogen-bond donors (Lipinski definition) is 0. The van der Waals surface area contributed by atoms with Crippen LogP contribution in [0.4, 0.5) is 11.4 Å². The van der Waals surface area contributed by atoms with Crippen LogP contribution in [0.2, 0.25) is 0 Å². The summed E-state index contributed by atoms with van der Waals surface area (Å²) < 4.78 is 2.00. The molecule has 0 amide bonds. The molecule has 0 spiro atoms. The van der Waals surface area contributed by atoms with Gasteiger partial charge in [0, 0.05) is 18.2 Å². The molecule has 0 aliphatic rings. The topological polar surface area (TPSA) is 73.1 Å². The number of para-hydroxylation sites is 3. The minimum Gasteiger partial charge on any atom is -1.00 e. The molecule has 0 radical (unpaired) electrons. The van der Waals surface area contributed by atoms with E-state index in [1.54, 1.807) is 6.07 Å². The van der Waals surface area contributed by atoms with Crippen molar-refractivity contribution in [3.63, 3.8) is 0 Å². The second-order valence-corrected chi connectivity index (χ2v) is 5.30. The summed E-state index contributed by atoms with van der Waals surface area (Å²) in [5.41, 5.74) is 4.34. The van der Waals surface area contributed by atoms with Crippen LogP contribution in [0.25, 0.3) is 37.7 Å². The number of hydrogen-bond acceptors (Lipinski definition) is 3. The fourth-order valence-corrected chi connectivity index (χ4v) is 2.86. The zero-order valence-corrected chi connectivity index (χ0v) is 15.9. The van der Waals surface area contributed by atoms with Crippen molar-refractivity contribution in [2.45, 2.75) is 0 Å². The van der Waals surface area contributed by atoms with Crippen LogP contribution in [0.5, 0.6) is 0 Å². The summed E-state index contributed by atoms with van der Waals surface area (Å²) in [7, 11) is 0. The van der Waals surface area contributed by atoms with Crippen LogP contribution in [0.1, 0.15) is 0 Å². The van der Waals surface area contributed by atoms with Gasteiger partial charge in [0.15, 0.2) is 9.95 Å². The van der Waals surface area contributed by atoms with Gasteiger partial charge in [0.05, 0.1) is 0 Å². The minimum absolute atomic E-state index is 0. The van der Waals surface area contributed by atoms with Gasteiger partial charge in [0.1, 0.15) is 17.6 Å². The van der Waals surface area contributed by atoms with Gasteiger partial charge in [0.2, 0.25) is 27.5 Å². The molecule has 0 N–H and O–H groups in total. The summed E-state index contributed by atoms with van der Waals surface area (Å²) >= 11 is 0. The Labute approximate surface area is 173 Å². The molecule has 1 heterocycles. The van der Waals surface area contributed by atoms with Gasteiger partial charge in [-0.15, -0.1) is 4.57 Å². The van der Waals surface area contributed by atoms with Crippen molar-refractivity contribution < 1.29 is 41.8 Å². The van der Waals surface area contributed by atoms with E-state index in [9.17, 15) is 5.39 Å². The highest BCUT2D eigenvalue weighted by Crippen LogP contribution is 2.30. The first kappa shape index (κ1) is 22.0. The van der Waals surface area contributed by atoms with Crippen molar-refractivity contribution in [1.29, 1.82) is 10.8 Å². The molecule has 0 aliphatic heterocycles. The molecule has 4 aromatic rings. The Hall–Kier alpha value is -3.03. The molecule has 4 rings (SSSR count). The van der Waals surface area contributed by atoms with Crippen LogP contribution in [-0.4, -0.2) is 4.98 Å². The highest BCUT2D eigenvalue weighted by Gasteiger charge is 2.30. The van der Waals surface area contributed by atoms with Crippen LogP contribution in [0.3, 0.4) is 0 Å². The van der Waals surface area contributed by atoms with Gasteiger partial charge < -0.3 is 37.2 Å². The van der Waals surface area contributed by atoms with Crippen LogP contribution in [0.15, 0.2) is 66.7 Å². The Bertz CT molecular complexity index is 1180. The molecule has 0 aliphatic carbocycles. The lowest BCUT2D eigenvalue weighted by Gasteiger charge is -2.03. The Morgan fingerprint density at radius 3 is 2.07 bits per heavy atom. The van der Waals surface area contributed by atoms with E-state index in [-0.39, 0.29) is 48.6 Å². The third-order valence-electron chi connectivity index (χ3n) is 3.89. The molecule has 6 nitrogen and oxygen atoms in total. The van der Waals surface area contributed by atoms with Crippen LogP contribution >= 0.6 is 0 Å². The number of fused-ring (bicyclic) bond motifs is 2. The van der Waals surface area contributed by atoms with Crippen LogP contribution in [0, 0.1) is 10.8 Å². The fraction of sp³-hybridized carbons (Fsp3) is 0. The molecule has 0 atom stereocenters. The van der Waals surface area contributed by atoms with Crippen molar-refractivity contribution in [2.24, 2.45) is 0 Å². The van der Waals surface area contributed by atoms with Crippen LogP contribution < -0.4 is 41.8 Å². The molecule has 1 aromatic heterocycles. The second-order valence-electron chi connectivity index (χ2n) is 5.30. The maximum atomic E-state index is 9.34. The van der Waals surface area contributed by atoms with E-state index in [1.807, 2.05) is 59.2 Å². The highest BCUT2D eigenvalue weighted by atomic mass is 35.5. The number of nitrogens with zero attached hydrogens (tertiary/aromatic N) is 6. The summed E-state index contributed by atoms with van der Waals surface area (Å²) in [4.78, 5) is 11.1. The summed E-state index contributed by atoms with van der Waals surface area (Å²) in [6.07, 6.45) is 0. The predicted octanol–water partition coefficient (Wildman–Crippen LogP) is -4.35. The zero-order chi connectivity index (χ0) is 16.5. The molecule has 27 heavy (non-hydrogen) atoms. The van der Waals surface area contributed by atoms with Gasteiger partial charge in [-0.1, -0.05) is 30.3 Å². The monoisotopic (exact) mass is 416 g/mol. The van der Waals surface area contributed by atoms with E-state index < -0.39 is 0 Å². The normalized spacial score (nSPS) is 9.26. The van der Waals surface area contributed by atoms with Gasteiger partial charge in [-0.2, -0.15) is 0 Å². The number of benzene rings is 3. The molecule has 134 valence electrons. The molecule has 3 aromatic carbocycles. The molecule has 0 saturated heterocycles. The fourth-order valence-electron chi connectivity index (χ4n) is 2.86. The van der Waals surface area contributed by atoms with Crippen molar-refractivity contribution in [3.05, 3.63) is 76.7 Å². The number of halogens is 3. The van der Waals surface area contributed by atoms with E-state index in [0.29, 0.717) is 11.0 Å². The van der Waals surface area contributed by atoms with E-state index >= 15 is 0 Å². The standard InChI is InChI=1S/C18H11N6.3ClH/c19-22-12-10-15(23-20)18-17(11-12)24(13-6-2-1-3-7-13)16-9-5-4-8-14(16)21-18;;;/h1-11H;3*1H/q+3;;;/p-3. The first-order valence-electron chi connectivity index (χ1n) is 7.36. The van der Waals surface area contributed by atoms with E-state index in [2.05, 4.69) is 14.9 Å². The summed E-state index contributed by atoms with van der Waals surface area (Å²) in [6.45, 7) is 0. The highest BCUT2D eigenvalue weighted by molar-refractivity contribution is 5.93. The molecular weight excluding hydrogens is 407 g/mol. The van der Waals surface area contributed by atoms with Crippen molar-refractivity contribution in [2.75, 3.05) is 0 Å². The van der Waals surface area contributed by atoms with E-state index in [1.165, 1.54) is 6.07 Å². The number of rotatable bonds is 1. The van der Waals surface area contributed by atoms with Crippen molar-refractivity contribution in [3.8, 4) is 5.69 Å². The van der Waals surface area contributed by atoms with Gasteiger partial charge in [-0.25, -0.2) is 4.98 Å². The third kappa shape index (κ3) is 3.74. The van der Waals surface area contributed by atoms with E-state index in [4.69, 9.17) is 5.39 Å². The predicted molar refractivity (Wildman–Crippen MR) is 90.3 cm³/mol. The maximum absolute atomic E-state index is 9.34. The van der Waals surface area contributed by atoms with Gasteiger partial charge in [-0.3, -0.25) is 0 Å². The van der Waals surface area contributed by atoms with Gasteiger partial charge in [-0.05, 0) is 6.07 Å². The van der Waals surface area contributed by atoms with Crippen molar-refractivity contribution >= 4 is 33.4 Å². The summed E-state index contributed by atoms with van der Waals surface area (Å²) in [5, 5.41) is 18.5. The van der Waals surface area contributed by atoms with Gasteiger partial charge >= 0.3 is 11.4 Å². The van der Waals surface area contributed by atoms with Gasteiger partial charge in [0.25, 0.3) is 5.52 Å². The first-order chi connectivity index (χ1) is 11.8. The molecular formula is C18H11Cl3N6. The smallest absolute Gasteiger partial charge is 0.425 e. The first-order valence-corrected chi connectivity index (χ1v) is 7.36. The Morgan fingerprint density at radius 1 is 0.741 bits per heavy atom. The quantitative estimate of drug-likeness (QED) is 0.179. The lowest BCUT2D eigenvalue weighted by Crippen LogP contribution is -3.00. The molecule has 0 bridgehead atoms. The Morgan fingerprint density at radius 2 is 1.41 bits per heavy atom. The average Bonchev–Trinajstić information content (AvgIpc) is 2.65. The average molecular weight is 418 g/mol. The van der Waals surface area contributed by atoms with Crippen LogP contribution in [-0.2, 0) is 0 Å². The lowest BCUT2D eigenvalue weighted by atomic mass is 10.1. The Kier molecular flexibility index (Phi) is 7.39. The molecule has 0 fully saturated rings. The SMILES string of the molecule is N#[N+]c1cc([N+]#N)c2nc3ccccc3[n+](-c3ccccc3)c2c1.[Cl-].[Cl-].[Cl-]. The second kappa shape index (κ2) is 9.07. The maximum Gasteiger partial charge on any atom is 0.425 e. The van der Waals surface area contributed by atoms with Crippen molar-refractivity contribution in [1.82, 2.24) is 4.98 Å². The molecule has 9 heteroatoms.